The first kappa shape index (κ1) is 17.7. The van der Waals surface area contributed by atoms with Crippen LogP contribution in [0.25, 0.3) is 10.9 Å². The fourth-order valence-corrected chi connectivity index (χ4v) is 4.10. The van der Waals surface area contributed by atoms with Crippen molar-refractivity contribution in [2.75, 3.05) is 13.1 Å². The zero-order chi connectivity index (χ0) is 18.8. The molecule has 1 N–H and O–H groups in total. The molecule has 0 spiro atoms. The van der Waals surface area contributed by atoms with Crippen molar-refractivity contribution in [3.63, 3.8) is 0 Å². The quantitative estimate of drug-likeness (QED) is 0.775. The molecule has 1 aromatic carbocycles. The van der Waals surface area contributed by atoms with Gasteiger partial charge in [0.25, 0.3) is 0 Å². The van der Waals surface area contributed by atoms with Gasteiger partial charge in [-0.05, 0) is 42.5 Å². The Morgan fingerprint density at radius 3 is 2.67 bits per heavy atom. The lowest BCUT2D eigenvalue weighted by atomic mass is 9.89. The molecule has 3 heterocycles. The molecule has 0 aliphatic carbocycles. The molecule has 1 amide bonds. The molecule has 27 heavy (non-hydrogen) atoms. The van der Waals surface area contributed by atoms with E-state index in [1.807, 2.05) is 42.3 Å². The number of hydrogen-bond acceptors (Lipinski definition) is 3. The predicted octanol–water partition coefficient (Wildman–Crippen LogP) is 3.09. The van der Waals surface area contributed by atoms with Gasteiger partial charge in [-0.2, -0.15) is 0 Å². The number of aromatic nitrogens is 2. The summed E-state index contributed by atoms with van der Waals surface area (Å²) in [4.78, 5) is 19.0. The van der Waals surface area contributed by atoms with Crippen LogP contribution in [0.4, 0.5) is 0 Å². The van der Waals surface area contributed by atoms with Gasteiger partial charge in [-0.3, -0.25) is 9.78 Å². The molecule has 5 heteroatoms. The van der Waals surface area contributed by atoms with Crippen LogP contribution in [-0.4, -0.2) is 38.6 Å². The van der Waals surface area contributed by atoms with Gasteiger partial charge in [0.05, 0.1) is 18.2 Å². The van der Waals surface area contributed by atoms with Crippen molar-refractivity contribution in [2.24, 2.45) is 13.0 Å². The Labute approximate surface area is 159 Å². The molecule has 2 aromatic heterocycles. The molecular formula is C22H25N3O2. The van der Waals surface area contributed by atoms with Gasteiger partial charge < -0.3 is 14.6 Å². The lowest BCUT2D eigenvalue weighted by Crippen LogP contribution is -2.40. The third-order valence-corrected chi connectivity index (χ3v) is 5.65. The van der Waals surface area contributed by atoms with Crippen LogP contribution in [0, 0.1) is 5.92 Å². The first-order chi connectivity index (χ1) is 13.1. The van der Waals surface area contributed by atoms with Crippen LogP contribution in [0.5, 0.6) is 0 Å². The summed E-state index contributed by atoms with van der Waals surface area (Å²) in [6.07, 6.45) is 5.25. The summed E-state index contributed by atoms with van der Waals surface area (Å²) in [5.74, 6) is 0.318. The maximum atomic E-state index is 12.8. The third-order valence-electron chi connectivity index (χ3n) is 5.65. The summed E-state index contributed by atoms with van der Waals surface area (Å²) in [5, 5.41) is 11.7. The van der Waals surface area contributed by atoms with Gasteiger partial charge in [0.1, 0.15) is 0 Å². The second-order valence-electron chi connectivity index (χ2n) is 7.38. The van der Waals surface area contributed by atoms with Gasteiger partial charge in [0.15, 0.2) is 0 Å². The molecule has 0 bridgehead atoms. The van der Waals surface area contributed by atoms with Crippen LogP contribution in [0.15, 0.2) is 54.9 Å². The van der Waals surface area contributed by atoms with Crippen LogP contribution < -0.4 is 0 Å². The highest BCUT2D eigenvalue weighted by Gasteiger charge is 2.29. The summed E-state index contributed by atoms with van der Waals surface area (Å²) in [7, 11) is 2.01. The smallest absolute Gasteiger partial charge is 0.227 e. The molecule has 4 rings (SSSR count). The molecule has 140 valence electrons. The van der Waals surface area contributed by atoms with Crippen LogP contribution in [0.3, 0.4) is 0 Å². The summed E-state index contributed by atoms with van der Waals surface area (Å²) in [5.41, 5.74) is 2.95. The van der Waals surface area contributed by atoms with Crippen LogP contribution in [0.1, 0.15) is 30.2 Å². The molecule has 0 unspecified atom stereocenters. The van der Waals surface area contributed by atoms with Gasteiger partial charge in [0.2, 0.25) is 5.91 Å². The fraction of sp³-hybridized carbons (Fsp3) is 0.364. The summed E-state index contributed by atoms with van der Waals surface area (Å²) < 4.78 is 2.08. The standard InChI is InChI=1S/C22H25N3O2/c1-24-15-17(18-6-2-3-8-20(18)24)14-21(26)25-12-9-16(10-13-25)22(27)19-7-4-5-11-23-19/h2-8,11,15-16,22,27H,9-10,12-14H2,1H3/t22-/m0/s1. The Balaban J connectivity index is 1.39. The minimum atomic E-state index is -0.554. The number of carbonyl (C=O) groups excluding carboxylic acids is 1. The van der Waals surface area contributed by atoms with E-state index in [0.29, 0.717) is 19.5 Å². The number of rotatable bonds is 4. The van der Waals surface area contributed by atoms with Crippen LogP contribution in [-0.2, 0) is 18.3 Å². The number of para-hydroxylation sites is 1. The topological polar surface area (TPSA) is 58.4 Å². The van der Waals surface area contributed by atoms with Crippen molar-refractivity contribution in [3.05, 3.63) is 66.1 Å². The Morgan fingerprint density at radius 1 is 1.19 bits per heavy atom. The van der Waals surface area contributed by atoms with Crippen molar-refractivity contribution in [3.8, 4) is 0 Å². The first-order valence-corrected chi connectivity index (χ1v) is 9.53. The normalized spacial score (nSPS) is 16.6. The number of nitrogens with zero attached hydrogens (tertiary/aromatic N) is 3. The fourth-order valence-electron chi connectivity index (χ4n) is 4.10. The predicted molar refractivity (Wildman–Crippen MR) is 105 cm³/mol. The lowest BCUT2D eigenvalue weighted by molar-refractivity contribution is -0.132. The van der Waals surface area contributed by atoms with Crippen molar-refractivity contribution in [1.82, 2.24) is 14.5 Å². The molecule has 0 radical (unpaired) electrons. The number of hydrogen-bond donors (Lipinski definition) is 1. The van der Waals surface area contributed by atoms with Gasteiger partial charge in [0, 0.05) is 43.4 Å². The van der Waals surface area contributed by atoms with E-state index in [2.05, 4.69) is 27.9 Å². The van der Waals surface area contributed by atoms with Gasteiger partial charge in [-0.25, -0.2) is 0 Å². The maximum absolute atomic E-state index is 12.8. The van der Waals surface area contributed by atoms with E-state index in [4.69, 9.17) is 0 Å². The van der Waals surface area contributed by atoms with Crippen molar-refractivity contribution >= 4 is 16.8 Å². The minimum absolute atomic E-state index is 0.154. The number of carbonyl (C=O) groups is 1. The minimum Gasteiger partial charge on any atom is -0.387 e. The second kappa shape index (κ2) is 7.53. The van der Waals surface area contributed by atoms with Gasteiger partial charge in [-0.1, -0.05) is 24.3 Å². The summed E-state index contributed by atoms with van der Waals surface area (Å²) in [6.45, 7) is 1.39. The molecule has 1 aliphatic heterocycles. The number of aliphatic hydroxyl groups excluding tert-OH is 1. The van der Waals surface area contributed by atoms with E-state index in [1.165, 1.54) is 0 Å². The van der Waals surface area contributed by atoms with Crippen LogP contribution in [0.2, 0.25) is 0 Å². The molecule has 3 aromatic rings. The Kier molecular flexibility index (Phi) is 4.94. The van der Waals surface area contributed by atoms with Crippen LogP contribution >= 0.6 is 0 Å². The summed E-state index contributed by atoms with van der Waals surface area (Å²) >= 11 is 0. The van der Waals surface area contributed by atoms with E-state index in [9.17, 15) is 9.90 Å². The average molecular weight is 363 g/mol. The summed E-state index contributed by atoms with van der Waals surface area (Å²) in [6, 6.07) is 13.8. The molecular weight excluding hydrogens is 338 g/mol. The van der Waals surface area contributed by atoms with Crippen molar-refractivity contribution in [1.29, 1.82) is 0 Å². The number of likely N-dealkylation sites (tertiary alicyclic amines) is 1. The number of piperidine rings is 1. The molecule has 1 atom stereocenters. The maximum Gasteiger partial charge on any atom is 0.227 e. The SMILES string of the molecule is Cn1cc(CC(=O)N2CCC([C@H](O)c3ccccn3)CC2)c2ccccc21. The molecule has 0 saturated carbocycles. The largest absolute Gasteiger partial charge is 0.387 e. The van der Waals surface area contributed by atoms with Gasteiger partial charge >= 0.3 is 0 Å². The highest BCUT2D eigenvalue weighted by Crippen LogP contribution is 2.30. The van der Waals surface area contributed by atoms with E-state index in [-0.39, 0.29) is 11.8 Å². The number of amides is 1. The third kappa shape index (κ3) is 3.60. The number of pyridine rings is 1. The zero-order valence-corrected chi connectivity index (χ0v) is 15.6. The number of aliphatic hydroxyl groups is 1. The molecule has 1 aliphatic rings. The van der Waals surface area contributed by atoms with E-state index >= 15 is 0 Å². The number of aryl methyl sites for hydroxylation is 1. The zero-order valence-electron chi connectivity index (χ0n) is 15.6. The lowest BCUT2D eigenvalue weighted by Gasteiger charge is -2.34. The monoisotopic (exact) mass is 363 g/mol. The van der Waals surface area contributed by atoms with E-state index in [0.717, 1.165) is 35.0 Å². The van der Waals surface area contributed by atoms with E-state index < -0.39 is 6.10 Å². The van der Waals surface area contributed by atoms with Gasteiger partial charge in [-0.15, -0.1) is 0 Å². The number of benzene rings is 1. The molecule has 1 fully saturated rings. The Bertz CT molecular complexity index is 927. The Hall–Kier alpha value is -2.66. The first-order valence-electron chi connectivity index (χ1n) is 9.53. The van der Waals surface area contributed by atoms with Crippen molar-refractivity contribution in [2.45, 2.75) is 25.4 Å². The highest BCUT2D eigenvalue weighted by molar-refractivity contribution is 5.89. The second-order valence-corrected chi connectivity index (χ2v) is 7.38. The average Bonchev–Trinajstić information content (AvgIpc) is 3.04. The number of fused-ring (bicyclic) bond motifs is 1. The highest BCUT2D eigenvalue weighted by atomic mass is 16.3. The Morgan fingerprint density at radius 2 is 1.93 bits per heavy atom. The van der Waals surface area contributed by atoms with E-state index in [1.54, 1.807) is 6.20 Å². The van der Waals surface area contributed by atoms with Crippen molar-refractivity contribution < 1.29 is 9.90 Å². The molecule has 1 saturated heterocycles. The molecule has 5 nitrogen and oxygen atoms in total.